The van der Waals surface area contributed by atoms with Crippen LogP contribution in [0, 0.1) is 0 Å². The Morgan fingerprint density at radius 3 is 2.38 bits per heavy atom. The van der Waals surface area contributed by atoms with Gasteiger partial charge in [0.1, 0.15) is 17.5 Å². The predicted octanol–water partition coefficient (Wildman–Crippen LogP) is 2.63. The number of nitrogens with zero attached hydrogens (tertiary/aromatic N) is 1. The van der Waals surface area contributed by atoms with Crippen molar-refractivity contribution in [2.24, 2.45) is 0 Å². The maximum Gasteiger partial charge on any atom is 0.326 e. The number of carboxylic acid groups (broad SMARTS) is 1. The highest BCUT2D eigenvalue weighted by atomic mass is 32.2. The Hall–Kier alpha value is -3.00. The molecule has 1 aliphatic heterocycles. The molecule has 2 unspecified atom stereocenters. The van der Waals surface area contributed by atoms with Crippen molar-refractivity contribution in [2.45, 2.75) is 17.7 Å². The fraction of sp³-hybridized carbons (Fsp3) is 0.286. The van der Waals surface area contributed by atoms with Gasteiger partial charge in [-0.05, 0) is 49.1 Å². The zero-order valence-electron chi connectivity index (χ0n) is 15.9. The van der Waals surface area contributed by atoms with E-state index in [2.05, 4.69) is 5.32 Å². The van der Waals surface area contributed by atoms with Crippen LogP contribution < -0.4 is 10.1 Å². The molecule has 2 N–H and O–H groups in total. The second-order valence-corrected chi connectivity index (χ2v) is 7.75. The molecule has 1 heterocycles. The first-order valence-corrected chi connectivity index (χ1v) is 10.4. The van der Waals surface area contributed by atoms with Crippen molar-refractivity contribution in [1.82, 2.24) is 10.2 Å². The third-order valence-electron chi connectivity index (χ3n) is 4.70. The molecule has 1 aliphatic rings. The molecule has 2 aromatic carbocycles. The predicted molar refractivity (Wildman–Crippen MR) is 110 cm³/mol. The molecule has 0 spiro atoms. The van der Waals surface area contributed by atoms with Gasteiger partial charge in [0.05, 0.1) is 6.54 Å². The average molecular weight is 414 g/mol. The molecule has 29 heavy (non-hydrogen) atoms. The number of carbonyl (C=O) groups is 3. The first-order chi connectivity index (χ1) is 14.0. The molecule has 0 saturated carbocycles. The van der Waals surface area contributed by atoms with Crippen LogP contribution in [0.3, 0.4) is 0 Å². The molecule has 2 atom stereocenters. The van der Waals surface area contributed by atoms with Crippen molar-refractivity contribution in [3.63, 3.8) is 0 Å². The number of amides is 2. The van der Waals surface area contributed by atoms with Crippen LogP contribution in [-0.2, 0) is 9.59 Å². The zero-order chi connectivity index (χ0) is 20.8. The monoisotopic (exact) mass is 414 g/mol. The highest BCUT2D eigenvalue weighted by Gasteiger charge is 2.39. The number of para-hydroxylation sites is 1. The van der Waals surface area contributed by atoms with Crippen molar-refractivity contribution >= 4 is 29.5 Å². The van der Waals surface area contributed by atoms with Crippen LogP contribution in [0.15, 0.2) is 54.6 Å². The number of hydrogen-bond donors (Lipinski definition) is 2. The van der Waals surface area contributed by atoms with Crippen LogP contribution >= 0.6 is 11.8 Å². The number of carboxylic acids is 1. The van der Waals surface area contributed by atoms with E-state index in [0.717, 1.165) is 0 Å². The molecule has 7 nitrogen and oxygen atoms in total. The Labute approximate surface area is 173 Å². The summed E-state index contributed by atoms with van der Waals surface area (Å²) in [6.07, 6.45) is 2.31. The Balaban J connectivity index is 1.55. The molecule has 8 heteroatoms. The van der Waals surface area contributed by atoms with E-state index in [-0.39, 0.29) is 11.8 Å². The van der Waals surface area contributed by atoms with Crippen molar-refractivity contribution in [3.05, 3.63) is 60.2 Å². The van der Waals surface area contributed by atoms with E-state index in [1.165, 1.54) is 4.90 Å². The van der Waals surface area contributed by atoms with E-state index in [1.54, 1.807) is 36.0 Å². The smallest absolute Gasteiger partial charge is 0.326 e. The summed E-state index contributed by atoms with van der Waals surface area (Å²) in [5.41, 5.74) is 0.386. The highest BCUT2D eigenvalue weighted by Crippen LogP contribution is 2.26. The normalized spacial score (nSPS) is 18.3. The maximum atomic E-state index is 12.4. The van der Waals surface area contributed by atoms with Crippen molar-refractivity contribution < 1.29 is 24.2 Å². The summed E-state index contributed by atoms with van der Waals surface area (Å²) in [5.74, 6) is -0.538. The SMILES string of the molecule is CSC1CC(C(=O)O)N(C(=O)CNC(=O)c2ccc(Oc3ccccc3)cc2)C1. The Morgan fingerprint density at radius 1 is 1.10 bits per heavy atom. The minimum Gasteiger partial charge on any atom is -0.480 e. The fourth-order valence-corrected chi connectivity index (χ4v) is 3.82. The third-order valence-corrected chi connectivity index (χ3v) is 5.71. The summed E-state index contributed by atoms with van der Waals surface area (Å²) in [6, 6.07) is 15.0. The molecule has 0 aromatic heterocycles. The third kappa shape index (κ3) is 5.29. The van der Waals surface area contributed by atoms with Gasteiger partial charge in [-0.3, -0.25) is 9.59 Å². The number of rotatable bonds is 7. The fourth-order valence-electron chi connectivity index (χ4n) is 3.14. The number of ether oxygens (including phenoxy) is 1. The number of carbonyl (C=O) groups excluding carboxylic acids is 2. The van der Waals surface area contributed by atoms with E-state index < -0.39 is 23.8 Å². The molecule has 0 radical (unpaired) electrons. The lowest BCUT2D eigenvalue weighted by Gasteiger charge is -2.21. The Kier molecular flexibility index (Phi) is 6.77. The van der Waals surface area contributed by atoms with Gasteiger partial charge < -0.3 is 20.1 Å². The lowest BCUT2D eigenvalue weighted by molar-refractivity contribution is -0.147. The summed E-state index contributed by atoms with van der Waals surface area (Å²) in [5, 5.41) is 12.0. The van der Waals surface area contributed by atoms with Crippen LogP contribution in [0.1, 0.15) is 16.8 Å². The van der Waals surface area contributed by atoms with Gasteiger partial charge in [-0.15, -0.1) is 0 Å². The van der Waals surface area contributed by atoms with Gasteiger partial charge >= 0.3 is 5.97 Å². The number of nitrogens with one attached hydrogen (secondary N) is 1. The lowest BCUT2D eigenvalue weighted by Crippen LogP contribution is -2.45. The van der Waals surface area contributed by atoms with Crippen LogP contribution in [0.4, 0.5) is 0 Å². The number of thioether (sulfide) groups is 1. The molecule has 1 saturated heterocycles. The molecule has 3 rings (SSSR count). The number of benzene rings is 2. The molecule has 0 aliphatic carbocycles. The maximum absolute atomic E-state index is 12.4. The second-order valence-electron chi connectivity index (χ2n) is 6.62. The van der Waals surface area contributed by atoms with Crippen LogP contribution in [0.2, 0.25) is 0 Å². The van der Waals surface area contributed by atoms with Gasteiger partial charge in [0.25, 0.3) is 5.91 Å². The summed E-state index contributed by atoms with van der Waals surface area (Å²) >= 11 is 1.54. The molecule has 0 bridgehead atoms. The first-order valence-electron chi connectivity index (χ1n) is 9.14. The van der Waals surface area contributed by atoms with E-state index in [1.807, 2.05) is 36.6 Å². The minimum atomic E-state index is -1.02. The lowest BCUT2D eigenvalue weighted by atomic mass is 10.2. The van der Waals surface area contributed by atoms with Gasteiger partial charge in [-0.1, -0.05) is 18.2 Å². The topological polar surface area (TPSA) is 95.9 Å². The van der Waals surface area contributed by atoms with Gasteiger partial charge in [-0.25, -0.2) is 4.79 Å². The number of hydrogen-bond acceptors (Lipinski definition) is 5. The molecule has 2 amide bonds. The molecule has 152 valence electrons. The largest absolute Gasteiger partial charge is 0.480 e. The van der Waals surface area contributed by atoms with Crippen LogP contribution in [-0.4, -0.2) is 58.4 Å². The van der Waals surface area contributed by atoms with E-state index >= 15 is 0 Å². The minimum absolute atomic E-state index is 0.0907. The number of aliphatic carboxylic acids is 1. The van der Waals surface area contributed by atoms with Gasteiger partial charge in [0.15, 0.2) is 0 Å². The standard InChI is InChI=1S/C21H22N2O5S/c1-29-17-11-18(21(26)27)23(13-17)19(24)12-22-20(25)14-7-9-16(10-8-14)28-15-5-3-2-4-6-15/h2-10,17-18H,11-13H2,1H3,(H,22,25)(H,26,27). The highest BCUT2D eigenvalue weighted by molar-refractivity contribution is 7.99. The average Bonchev–Trinajstić information content (AvgIpc) is 3.18. The Bertz CT molecular complexity index is 872. The van der Waals surface area contributed by atoms with Crippen molar-refractivity contribution in [3.8, 4) is 11.5 Å². The summed E-state index contributed by atoms with van der Waals surface area (Å²) in [4.78, 5) is 37.5. The number of likely N-dealkylation sites (tertiary alicyclic amines) is 1. The summed E-state index contributed by atoms with van der Waals surface area (Å²) in [6.45, 7) is 0.129. The van der Waals surface area contributed by atoms with Crippen LogP contribution in [0.5, 0.6) is 11.5 Å². The second kappa shape index (κ2) is 9.47. The van der Waals surface area contributed by atoms with Crippen molar-refractivity contribution in [1.29, 1.82) is 0 Å². The van der Waals surface area contributed by atoms with Crippen molar-refractivity contribution in [2.75, 3.05) is 19.3 Å². The molecule has 1 fully saturated rings. The zero-order valence-corrected chi connectivity index (χ0v) is 16.7. The molecular formula is C21H22N2O5S. The van der Waals surface area contributed by atoms with E-state index in [9.17, 15) is 19.5 Å². The van der Waals surface area contributed by atoms with E-state index in [0.29, 0.717) is 30.0 Å². The van der Waals surface area contributed by atoms with Gasteiger partial charge in [0.2, 0.25) is 5.91 Å². The first kappa shape index (κ1) is 20.7. The Morgan fingerprint density at radius 2 is 1.76 bits per heavy atom. The molecule has 2 aromatic rings. The molecular weight excluding hydrogens is 392 g/mol. The summed E-state index contributed by atoms with van der Waals surface area (Å²) < 4.78 is 5.68. The summed E-state index contributed by atoms with van der Waals surface area (Å²) in [7, 11) is 0. The van der Waals surface area contributed by atoms with E-state index in [4.69, 9.17) is 4.74 Å². The quantitative estimate of drug-likeness (QED) is 0.723. The van der Waals surface area contributed by atoms with Gasteiger partial charge in [0, 0.05) is 17.4 Å². The van der Waals surface area contributed by atoms with Gasteiger partial charge in [-0.2, -0.15) is 11.8 Å². The van der Waals surface area contributed by atoms with Crippen LogP contribution in [0.25, 0.3) is 0 Å².